The highest BCUT2D eigenvalue weighted by Gasteiger charge is 2.31. The van der Waals surface area contributed by atoms with Crippen molar-refractivity contribution < 1.29 is 37.4 Å². The van der Waals surface area contributed by atoms with Gasteiger partial charge in [-0.3, -0.25) is 9.78 Å². The van der Waals surface area contributed by atoms with E-state index in [0.29, 0.717) is 30.6 Å². The predicted molar refractivity (Wildman–Crippen MR) is 160 cm³/mol. The van der Waals surface area contributed by atoms with Crippen LogP contribution in [0.3, 0.4) is 0 Å². The van der Waals surface area contributed by atoms with Gasteiger partial charge in [-0.2, -0.15) is 18.3 Å². The lowest BCUT2D eigenvalue weighted by Gasteiger charge is -2.28. The number of hydrogen-bond donors (Lipinski definition) is 3. The lowest BCUT2D eigenvalue weighted by atomic mass is 9.91. The maximum atomic E-state index is 12.9. The van der Waals surface area contributed by atoms with Crippen LogP contribution in [0.2, 0.25) is 0 Å². The number of nitrogens with one attached hydrogen (secondary N) is 1. The summed E-state index contributed by atoms with van der Waals surface area (Å²) in [4.78, 5) is 43.8. The maximum Gasteiger partial charge on any atom is 0.417 e. The number of carbonyl (C=O) groups excluding carboxylic acids is 2. The van der Waals surface area contributed by atoms with Crippen molar-refractivity contribution in [2.24, 2.45) is 5.73 Å². The normalized spacial score (nSPS) is 14.9. The molecule has 3 aromatic heterocycles. The molecule has 0 saturated carbocycles. The summed E-state index contributed by atoms with van der Waals surface area (Å²) in [6.45, 7) is 8.79. The van der Waals surface area contributed by atoms with E-state index in [0.717, 1.165) is 29.1 Å². The number of nitrogens with zero attached hydrogens (tertiary/aromatic N) is 5. The van der Waals surface area contributed by atoms with E-state index < -0.39 is 35.4 Å². The molecule has 3 amide bonds. The van der Waals surface area contributed by atoms with Crippen LogP contribution < -0.4 is 11.1 Å². The molecule has 4 N–H and O–H groups in total. The zero-order valence-electron chi connectivity index (χ0n) is 25.8. The SMILES string of the molecule is CC(C)(C)OC(N)=O.Cc1cc(NC(=O)c2cnn(-c3ccc(C(F)(F)F)cn3)c2C)cnc1C1=CCC(N(C)C(=O)O)CC1. The van der Waals surface area contributed by atoms with Crippen molar-refractivity contribution in [3.63, 3.8) is 0 Å². The van der Waals surface area contributed by atoms with Crippen molar-refractivity contribution in [2.75, 3.05) is 12.4 Å². The molecule has 3 heterocycles. The van der Waals surface area contributed by atoms with E-state index in [9.17, 15) is 32.7 Å². The van der Waals surface area contributed by atoms with E-state index in [4.69, 9.17) is 5.73 Å². The number of aromatic nitrogens is 4. The number of rotatable bonds is 5. The van der Waals surface area contributed by atoms with Gasteiger partial charge in [0.25, 0.3) is 5.91 Å². The van der Waals surface area contributed by atoms with Crippen LogP contribution in [0.1, 0.15) is 72.9 Å². The Morgan fingerprint density at radius 3 is 2.27 bits per heavy atom. The second-order valence-electron chi connectivity index (χ2n) is 11.4. The maximum absolute atomic E-state index is 12.9. The van der Waals surface area contributed by atoms with Crippen molar-refractivity contribution in [1.82, 2.24) is 24.6 Å². The Balaban J connectivity index is 0.000000610. The molecule has 45 heavy (non-hydrogen) atoms. The number of ether oxygens (including phenoxy) is 1. The van der Waals surface area contributed by atoms with Crippen LogP contribution in [0, 0.1) is 13.8 Å². The smallest absolute Gasteiger partial charge is 0.417 e. The van der Waals surface area contributed by atoms with Crippen LogP contribution in [0.15, 0.2) is 42.9 Å². The van der Waals surface area contributed by atoms with Gasteiger partial charge in [-0.25, -0.2) is 19.3 Å². The molecule has 1 unspecified atom stereocenters. The number of pyridine rings is 2. The average molecular weight is 632 g/mol. The van der Waals surface area contributed by atoms with E-state index in [1.165, 1.54) is 21.8 Å². The van der Waals surface area contributed by atoms with Gasteiger partial charge in [0.15, 0.2) is 5.82 Å². The number of carbonyl (C=O) groups is 3. The quantitative estimate of drug-likeness (QED) is 0.310. The molecule has 0 saturated heterocycles. The highest BCUT2D eigenvalue weighted by Crippen LogP contribution is 2.31. The Morgan fingerprint density at radius 2 is 1.80 bits per heavy atom. The van der Waals surface area contributed by atoms with Crippen molar-refractivity contribution in [3.05, 3.63) is 70.9 Å². The van der Waals surface area contributed by atoms with E-state index in [2.05, 4.69) is 25.1 Å². The van der Waals surface area contributed by atoms with Crippen molar-refractivity contribution in [1.29, 1.82) is 0 Å². The van der Waals surface area contributed by atoms with Gasteiger partial charge in [0.2, 0.25) is 0 Å². The lowest BCUT2D eigenvalue weighted by Crippen LogP contribution is -2.36. The Bertz CT molecular complexity index is 1580. The third kappa shape index (κ3) is 9.27. The summed E-state index contributed by atoms with van der Waals surface area (Å²) >= 11 is 0. The summed E-state index contributed by atoms with van der Waals surface area (Å²) in [5.74, 6) is -0.287. The lowest BCUT2D eigenvalue weighted by molar-refractivity contribution is -0.137. The van der Waals surface area contributed by atoms with Crippen LogP contribution in [0.25, 0.3) is 11.4 Å². The number of aryl methyl sites for hydroxylation is 1. The minimum absolute atomic E-state index is 0.0675. The highest BCUT2D eigenvalue weighted by molar-refractivity contribution is 6.05. The molecule has 0 aromatic carbocycles. The third-order valence-corrected chi connectivity index (χ3v) is 6.83. The Morgan fingerprint density at radius 1 is 1.11 bits per heavy atom. The van der Waals surface area contributed by atoms with Gasteiger partial charge in [-0.15, -0.1) is 0 Å². The zero-order chi connectivity index (χ0) is 33.7. The third-order valence-electron chi connectivity index (χ3n) is 6.83. The van der Waals surface area contributed by atoms with E-state index in [-0.39, 0.29) is 17.4 Å². The zero-order valence-corrected chi connectivity index (χ0v) is 25.8. The number of halogens is 3. The molecule has 1 atom stereocenters. The first-order valence-electron chi connectivity index (χ1n) is 13.9. The van der Waals surface area contributed by atoms with Gasteiger partial charge in [-0.1, -0.05) is 6.08 Å². The Kier molecular flexibility index (Phi) is 10.6. The monoisotopic (exact) mass is 631 g/mol. The summed E-state index contributed by atoms with van der Waals surface area (Å²) in [5.41, 5.74) is 7.22. The number of allylic oxidation sites excluding steroid dienone is 1. The summed E-state index contributed by atoms with van der Waals surface area (Å²) in [5, 5.41) is 16.1. The molecule has 0 fully saturated rings. The number of alkyl halides is 3. The molecule has 1 aliphatic carbocycles. The van der Waals surface area contributed by atoms with Crippen LogP contribution in [-0.4, -0.2) is 66.5 Å². The van der Waals surface area contributed by atoms with Gasteiger partial charge < -0.3 is 25.8 Å². The number of anilines is 1. The van der Waals surface area contributed by atoms with Gasteiger partial charge in [0, 0.05) is 19.3 Å². The van der Waals surface area contributed by atoms with Gasteiger partial charge >= 0.3 is 18.4 Å². The molecule has 242 valence electrons. The first kappa shape index (κ1) is 34.5. The summed E-state index contributed by atoms with van der Waals surface area (Å²) in [6, 6.07) is 3.83. The summed E-state index contributed by atoms with van der Waals surface area (Å²) in [6.07, 6.45) is 1.43. The molecule has 15 heteroatoms. The predicted octanol–water partition coefficient (Wildman–Crippen LogP) is 5.98. The molecule has 0 bridgehead atoms. The number of nitrogens with two attached hydrogens (primary N) is 1. The minimum atomic E-state index is -4.50. The molecule has 0 radical (unpaired) electrons. The van der Waals surface area contributed by atoms with Gasteiger partial charge in [-0.05, 0) is 83.2 Å². The highest BCUT2D eigenvalue weighted by atomic mass is 19.4. The second kappa shape index (κ2) is 13.8. The molecule has 0 aliphatic heterocycles. The molecular weight excluding hydrogens is 595 g/mol. The first-order chi connectivity index (χ1) is 20.9. The standard InChI is InChI=1S/C25H25F3N6O3.C5H11NO2/c1-14-10-18(12-30-22(14)16-4-7-19(8-5-16)33(3)24(36)37)32-23(35)20-13-31-34(15(20)2)21-9-6-17(11-29-21)25(26,27)28;1-5(2,3)8-4(6)7/h4,6,9-13,19H,5,7-8H2,1-3H3,(H,32,35)(H,36,37);1-3H3,(H2,6,7). The fourth-order valence-corrected chi connectivity index (χ4v) is 4.57. The first-order valence-corrected chi connectivity index (χ1v) is 13.9. The fraction of sp³-hybridized carbons (Fsp3) is 0.400. The van der Waals surface area contributed by atoms with Gasteiger partial charge in [0.05, 0.1) is 40.6 Å². The topological polar surface area (TPSA) is 166 Å². The molecule has 4 rings (SSSR count). The van der Waals surface area contributed by atoms with Crippen molar-refractivity contribution >= 4 is 29.4 Å². The summed E-state index contributed by atoms with van der Waals surface area (Å²) in [7, 11) is 1.57. The summed E-state index contributed by atoms with van der Waals surface area (Å²) < 4.78 is 44.3. The van der Waals surface area contributed by atoms with E-state index >= 15 is 0 Å². The van der Waals surface area contributed by atoms with Crippen LogP contribution >= 0.6 is 0 Å². The van der Waals surface area contributed by atoms with E-state index in [1.54, 1.807) is 47.0 Å². The van der Waals surface area contributed by atoms with E-state index in [1.807, 2.05) is 13.0 Å². The number of hydrogen-bond acceptors (Lipinski definition) is 7. The number of carboxylic acid groups (broad SMARTS) is 1. The Labute approximate surface area is 258 Å². The molecule has 3 aromatic rings. The average Bonchev–Trinajstić information content (AvgIpc) is 3.32. The van der Waals surface area contributed by atoms with Crippen LogP contribution in [-0.2, 0) is 10.9 Å². The number of primary amides is 1. The number of amides is 3. The molecule has 0 spiro atoms. The van der Waals surface area contributed by atoms with Crippen LogP contribution in [0.5, 0.6) is 0 Å². The Hall–Kier alpha value is -4.95. The second-order valence-corrected chi connectivity index (χ2v) is 11.4. The molecular formula is C30H36F3N7O5. The molecule has 1 aliphatic rings. The fourth-order valence-electron chi connectivity index (χ4n) is 4.57. The minimum Gasteiger partial charge on any atom is -0.465 e. The van der Waals surface area contributed by atoms with Crippen molar-refractivity contribution in [3.8, 4) is 5.82 Å². The van der Waals surface area contributed by atoms with Crippen LogP contribution in [0.4, 0.5) is 28.4 Å². The molecule has 12 nitrogen and oxygen atoms in total. The largest absolute Gasteiger partial charge is 0.465 e. The van der Waals surface area contributed by atoms with Crippen molar-refractivity contribution in [2.45, 2.75) is 71.7 Å². The van der Waals surface area contributed by atoms with Gasteiger partial charge in [0.1, 0.15) is 5.60 Å².